The summed E-state index contributed by atoms with van der Waals surface area (Å²) in [6, 6.07) is 17.8. The first-order valence-electron chi connectivity index (χ1n) is 8.56. The Bertz CT molecular complexity index is 866. The van der Waals surface area contributed by atoms with Crippen LogP contribution in [0.25, 0.3) is 11.1 Å². The average molecular weight is 349 g/mol. The molecule has 0 amide bonds. The van der Waals surface area contributed by atoms with Crippen LogP contribution in [0, 0.1) is 0 Å². The van der Waals surface area contributed by atoms with E-state index in [1.165, 1.54) is 0 Å². The fraction of sp³-hybridized carbons (Fsp3) is 0.190. The van der Waals surface area contributed by atoms with Gasteiger partial charge in [-0.05, 0) is 36.2 Å². The first-order chi connectivity index (χ1) is 12.7. The number of rotatable bonds is 7. The van der Waals surface area contributed by atoms with Crippen LogP contribution in [0.4, 0.5) is 11.5 Å². The maximum absolute atomic E-state index is 6.33. The highest BCUT2D eigenvalue weighted by molar-refractivity contribution is 5.83. The predicted octanol–water partition coefficient (Wildman–Crippen LogP) is 4.35. The molecule has 2 aromatic carbocycles. The molecule has 3 N–H and O–H groups in total. The van der Waals surface area contributed by atoms with Gasteiger partial charge in [-0.25, -0.2) is 4.98 Å². The molecule has 5 heteroatoms. The summed E-state index contributed by atoms with van der Waals surface area (Å²) in [5, 5.41) is 3.31. The van der Waals surface area contributed by atoms with Crippen LogP contribution in [0.5, 0.6) is 11.5 Å². The quantitative estimate of drug-likeness (QED) is 0.664. The molecule has 0 saturated heterocycles. The maximum atomic E-state index is 6.33. The van der Waals surface area contributed by atoms with Crippen molar-refractivity contribution in [3.63, 3.8) is 0 Å². The Kier molecular flexibility index (Phi) is 5.59. The Labute approximate surface area is 153 Å². The van der Waals surface area contributed by atoms with Crippen LogP contribution in [0.3, 0.4) is 0 Å². The predicted molar refractivity (Wildman–Crippen MR) is 106 cm³/mol. The van der Waals surface area contributed by atoms with Crippen molar-refractivity contribution in [1.82, 2.24) is 4.98 Å². The van der Waals surface area contributed by atoms with E-state index in [2.05, 4.69) is 10.3 Å². The van der Waals surface area contributed by atoms with Crippen LogP contribution in [-0.2, 0) is 6.54 Å². The van der Waals surface area contributed by atoms with Crippen LogP contribution in [-0.4, -0.2) is 18.7 Å². The molecule has 26 heavy (non-hydrogen) atoms. The number of nitrogens with one attached hydrogen (secondary N) is 1. The number of aromatic nitrogens is 1. The van der Waals surface area contributed by atoms with Gasteiger partial charge in [-0.2, -0.15) is 0 Å². The van der Waals surface area contributed by atoms with Gasteiger partial charge in [-0.1, -0.05) is 36.4 Å². The molecule has 3 rings (SSSR count). The zero-order valence-electron chi connectivity index (χ0n) is 15.0. The molecule has 3 aromatic rings. The summed E-state index contributed by atoms with van der Waals surface area (Å²) in [4.78, 5) is 4.38. The summed E-state index contributed by atoms with van der Waals surface area (Å²) in [7, 11) is 1.63. The van der Waals surface area contributed by atoms with Gasteiger partial charge in [0.05, 0.1) is 19.4 Å². The topological polar surface area (TPSA) is 69.4 Å². The third-order valence-electron chi connectivity index (χ3n) is 4.06. The van der Waals surface area contributed by atoms with Gasteiger partial charge in [0.2, 0.25) is 0 Å². The number of nitrogens with zero attached hydrogens (tertiary/aromatic N) is 1. The summed E-state index contributed by atoms with van der Waals surface area (Å²) in [6.45, 7) is 3.12. The number of benzene rings is 2. The number of anilines is 2. The molecule has 0 bridgehead atoms. The second-order valence-electron chi connectivity index (χ2n) is 5.76. The molecule has 1 aromatic heterocycles. The lowest BCUT2D eigenvalue weighted by Crippen LogP contribution is -2.06. The Morgan fingerprint density at radius 1 is 1.04 bits per heavy atom. The van der Waals surface area contributed by atoms with Gasteiger partial charge < -0.3 is 20.5 Å². The molecular weight excluding hydrogens is 326 g/mol. The van der Waals surface area contributed by atoms with Crippen molar-refractivity contribution in [3.05, 3.63) is 66.4 Å². The van der Waals surface area contributed by atoms with Crippen LogP contribution in [0.1, 0.15) is 12.5 Å². The first-order valence-corrected chi connectivity index (χ1v) is 8.56. The summed E-state index contributed by atoms with van der Waals surface area (Å²) in [5.41, 5.74) is 10.1. The van der Waals surface area contributed by atoms with Crippen molar-refractivity contribution < 1.29 is 9.47 Å². The van der Waals surface area contributed by atoms with Gasteiger partial charge >= 0.3 is 0 Å². The van der Waals surface area contributed by atoms with Crippen LogP contribution < -0.4 is 20.5 Å². The zero-order chi connectivity index (χ0) is 18.4. The standard InChI is InChI=1S/C21H23N3O2/c1-3-26-19-13-15(9-10-18(19)25-2)14-24-21-20(22)17(11-12-23-21)16-7-5-4-6-8-16/h4-13H,3,14,22H2,1-2H3,(H,23,24). The summed E-state index contributed by atoms with van der Waals surface area (Å²) in [6.07, 6.45) is 1.76. The fourth-order valence-corrected chi connectivity index (χ4v) is 2.77. The molecule has 0 fully saturated rings. The van der Waals surface area contributed by atoms with Crippen molar-refractivity contribution in [2.45, 2.75) is 13.5 Å². The number of methoxy groups -OCH3 is 1. The van der Waals surface area contributed by atoms with E-state index in [-0.39, 0.29) is 0 Å². The number of nitrogens with two attached hydrogens (primary N) is 1. The van der Waals surface area contributed by atoms with Gasteiger partial charge in [0.15, 0.2) is 11.5 Å². The molecule has 0 unspecified atom stereocenters. The Balaban J connectivity index is 1.79. The molecular formula is C21H23N3O2. The van der Waals surface area contributed by atoms with Crippen LogP contribution >= 0.6 is 0 Å². The van der Waals surface area contributed by atoms with Crippen molar-refractivity contribution in [2.75, 3.05) is 24.8 Å². The largest absolute Gasteiger partial charge is 0.493 e. The Morgan fingerprint density at radius 2 is 1.85 bits per heavy atom. The van der Waals surface area contributed by atoms with E-state index in [1.54, 1.807) is 13.3 Å². The van der Waals surface area contributed by atoms with Gasteiger partial charge in [-0.15, -0.1) is 0 Å². The summed E-state index contributed by atoms with van der Waals surface area (Å²) in [5.74, 6) is 2.12. The van der Waals surface area contributed by atoms with Crippen molar-refractivity contribution in [1.29, 1.82) is 0 Å². The van der Waals surface area contributed by atoms with Crippen molar-refractivity contribution in [2.24, 2.45) is 0 Å². The minimum Gasteiger partial charge on any atom is -0.493 e. The van der Waals surface area contributed by atoms with Gasteiger partial charge in [0.1, 0.15) is 5.82 Å². The zero-order valence-corrected chi connectivity index (χ0v) is 15.0. The maximum Gasteiger partial charge on any atom is 0.161 e. The molecule has 0 atom stereocenters. The monoisotopic (exact) mass is 349 g/mol. The summed E-state index contributed by atoms with van der Waals surface area (Å²) < 4.78 is 10.9. The van der Waals surface area contributed by atoms with E-state index in [1.807, 2.05) is 61.5 Å². The highest BCUT2D eigenvalue weighted by Crippen LogP contribution is 2.31. The summed E-state index contributed by atoms with van der Waals surface area (Å²) >= 11 is 0. The molecule has 0 radical (unpaired) electrons. The van der Waals surface area contributed by atoms with E-state index in [0.717, 1.165) is 28.2 Å². The molecule has 1 heterocycles. The molecule has 0 aliphatic carbocycles. The Morgan fingerprint density at radius 3 is 2.58 bits per heavy atom. The second kappa shape index (κ2) is 8.25. The third-order valence-corrected chi connectivity index (χ3v) is 4.06. The molecule has 134 valence electrons. The minimum absolute atomic E-state index is 0.583. The SMILES string of the molecule is CCOc1cc(CNc2nccc(-c3ccccc3)c2N)ccc1OC. The van der Waals surface area contributed by atoms with E-state index in [4.69, 9.17) is 15.2 Å². The van der Waals surface area contributed by atoms with E-state index < -0.39 is 0 Å². The first kappa shape index (κ1) is 17.6. The van der Waals surface area contributed by atoms with Gasteiger partial charge in [-0.3, -0.25) is 0 Å². The highest BCUT2D eigenvalue weighted by atomic mass is 16.5. The number of ether oxygens (including phenoxy) is 2. The molecule has 0 saturated carbocycles. The van der Waals surface area contributed by atoms with E-state index in [9.17, 15) is 0 Å². The van der Waals surface area contributed by atoms with Gasteiger partial charge in [0, 0.05) is 18.3 Å². The van der Waals surface area contributed by atoms with Crippen molar-refractivity contribution >= 4 is 11.5 Å². The fourth-order valence-electron chi connectivity index (χ4n) is 2.77. The normalized spacial score (nSPS) is 10.4. The number of hydrogen-bond donors (Lipinski definition) is 2. The second-order valence-corrected chi connectivity index (χ2v) is 5.76. The van der Waals surface area contributed by atoms with E-state index >= 15 is 0 Å². The molecule has 0 aliphatic rings. The lowest BCUT2D eigenvalue weighted by atomic mass is 10.1. The number of nitrogen functional groups attached to an aromatic ring is 1. The van der Waals surface area contributed by atoms with E-state index in [0.29, 0.717) is 24.7 Å². The smallest absolute Gasteiger partial charge is 0.161 e. The third kappa shape index (κ3) is 3.88. The lowest BCUT2D eigenvalue weighted by molar-refractivity contribution is 0.310. The lowest BCUT2D eigenvalue weighted by Gasteiger charge is -2.14. The number of pyridine rings is 1. The highest BCUT2D eigenvalue weighted by Gasteiger charge is 2.09. The Hall–Kier alpha value is -3.21. The average Bonchev–Trinajstić information content (AvgIpc) is 2.68. The van der Waals surface area contributed by atoms with Gasteiger partial charge in [0.25, 0.3) is 0 Å². The number of hydrogen-bond acceptors (Lipinski definition) is 5. The minimum atomic E-state index is 0.583. The van der Waals surface area contributed by atoms with Crippen LogP contribution in [0.15, 0.2) is 60.8 Å². The molecule has 5 nitrogen and oxygen atoms in total. The van der Waals surface area contributed by atoms with Crippen molar-refractivity contribution in [3.8, 4) is 22.6 Å². The van der Waals surface area contributed by atoms with Crippen LogP contribution in [0.2, 0.25) is 0 Å². The molecule has 0 aliphatic heterocycles. The molecule has 0 spiro atoms.